The molecule has 1 fully saturated rings. The fraction of sp³-hybridized carbons (Fsp3) is 1.00. The van der Waals surface area contributed by atoms with Crippen LogP contribution in [0, 0.1) is 11.3 Å². The largest absolute Gasteiger partial charge is 0.389 e. The lowest BCUT2D eigenvalue weighted by atomic mass is 9.83. The van der Waals surface area contributed by atoms with Crippen molar-refractivity contribution in [3.05, 3.63) is 0 Å². The Morgan fingerprint density at radius 3 is 2.46 bits per heavy atom. The van der Waals surface area contributed by atoms with Crippen LogP contribution in [0.3, 0.4) is 0 Å². The zero-order valence-electron chi connectivity index (χ0n) is 9.14. The van der Waals surface area contributed by atoms with E-state index in [0.717, 1.165) is 19.3 Å². The van der Waals surface area contributed by atoms with E-state index in [4.69, 9.17) is 5.73 Å². The van der Waals surface area contributed by atoms with E-state index in [0.29, 0.717) is 17.9 Å². The zero-order chi connectivity index (χ0) is 10.1. The second kappa shape index (κ2) is 3.58. The highest BCUT2D eigenvalue weighted by Gasteiger charge is 2.37. The van der Waals surface area contributed by atoms with Gasteiger partial charge in [-0.15, -0.1) is 0 Å². The van der Waals surface area contributed by atoms with Crippen molar-refractivity contribution in [2.45, 2.75) is 52.1 Å². The third-order valence-corrected chi connectivity index (χ3v) is 2.97. The molecule has 0 heterocycles. The highest BCUT2D eigenvalue weighted by atomic mass is 16.3. The van der Waals surface area contributed by atoms with E-state index >= 15 is 0 Å². The molecule has 0 aromatic heterocycles. The maximum atomic E-state index is 9.94. The van der Waals surface area contributed by atoms with Gasteiger partial charge < -0.3 is 10.8 Å². The van der Waals surface area contributed by atoms with Crippen LogP contribution in [0.25, 0.3) is 0 Å². The fourth-order valence-corrected chi connectivity index (χ4v) is 2.44. The first-order valence-electron chi connectivity index (χ1n) is 5.27. The second-order valence-electron chi connectivity index (χ2n) is 5.80. The fourth-order valence-electron chi connectivity index (χ4n) is 2.44. The molecule has 1 aliphatic carbocycles. The Balaban J connectivity index is 2.42. The normalized spacial score (nSPS) is 35.3. The summed E-state index contributed by atoms with van der Waals surface area (Å²) in [7, 11) is 0. The molecule has 2 heteroatoms. The Bertz CT molecular complexity index is 173. The molecule has 2 nitrogen and oxygen atoms in total. The lowest BCUT2D eigenvalue weighted by molar-refractivity contribution is 0.0504. The van der Waals surface area contributed by atoms with Crippen LogP contribution in [-0.2, 0) is 0 Å². The topological polar surface area (TPSA) is 46.2 Å². The van der Waals surface area contributed by atoms with Crippen LogP contribution in [-0.4, -0.2) is 17.3 Å². The molecule has 78 valence electrons. The van der Waals surface area contributed by atoms with Crippen LogP contribution >= 0.6 is 0 Å². The Kier molecular flexibility index (Phi) is 3.03. The highest BCUT2D eigenvalue weighted by molar-refractivity contribution is 4.91. The first-order chi connectivity index (χ1) is 5.85. The van der Waals surface area contributed by atoms with Gasteiger partial charge in [0.25, 0.3) is 0 Å². The lowest BCUT2D eigenvalue weighted by Crippen LogP contribution is -2.34. The average molecular weight is 185 g/mol. The molecule has 0 amide bonds. The smallest absolute Gasteiger partial charge is 0.0772 e. The SMILES string of the molecule is CC(C)(C)C[C@H]1CCC(O)(CN)C1. The standard InChI is InChI=1S/C11H23NO/c1-10(2,3)6-9-4-5-11(13,7-9)8-12/h9,13H,4-8,12H2,1-3H3/t9-,11?/m1/s1. The predicted molar refractivity (Wildman–Crippen MR) is 55.4 cm³/mol. The monoisotopic (exact) mass is 185 g/mol. The van der Waals surface area contributed by atoms with Crippen molar-refractivity contribution >= 4 is 0 Å². The van der Waals surface area contributed by atoms with Gasteiger partial charge in [0.05, 0.1) is 5.60 Å². The number of aliphatic hydroxyl groups is 1. The van der Waals surface area contributed by atoms with Crippen molar-refractivity contribution in [1.82, 2.24) is 0 Å². The van der Waals surface area contributed by atoms with Gasteiger partial charge in [-0.2, -0.15) is 0 Å². The first-order valence-corrected chi connectivity index (χ1v) is 5.27. The molecule has 1 rings (SSSR count). The van der Waals surface area contributed by atoms with E-state index in [-0.39, 0.29) is 0 Å². The van der Waals surface area contributed by atoms with Gasteiger partial charge in [0, 0.05) is 6.54 Å². The zero-order valence-corrected chi connectivity index (χ0v) is 9.14. The van der Waals surface area contributed by atoms with Crippen LogP contribution in [0.1, 0.15) is 46.5 Å². The third kappa shape index (κ3) is 3.28. The van der Waals surface area contributed by atoms with Crippen LogP contribution < -0.4 is 5.73 Å². The van der Waals surface area contributed by atoms with E-state index in [1.54, 1.807) is 0 Å². The van der Waals surface area contributed by atoms with E-state index in [1.807, 2.05) is 0 Å². The summed E-state index contributed by atoms with van der Waals surface area (Å²) in [5.41, 5.74) is 5.38. The molecule has 1 saturated carbocycles. The van der Waals surface area contributed by atoms with Crippen molar-refractivity contribution < 1.29 is 5.11 Å². The average Bonchev–Trinajstić information content (AvgIpc) is 2.30. The van der Waals surface area contributed by atoms with Crippen molar-refractivity contribution in [3.63, 3.8) is 0 Å². The Hall–Kier alpha value is -0.0800. The van der Waals surface area contributed by atoms with Crippen LogP contribution in [0.15, 0.2) is 0 Å². The summed E-state index contributed by atoms with van der Waals surface area (Å²) in [6.45, 7) is 7.19. The maximum Gasteiger partial charge on any atom is 0.0772 e. The quantitative estimate of drug-likeness (QED) is 0.690. The molecule has 1 aliphatic rings. The maximum absolute atomic E-state index is 9.94. The van der Waals surface area contributed by atoms with Crippen LogP contribution in [0.2, 0.25) is 0 Å². The van der Waals surface area contributed by atoms with Crippen molar-refractivity contribution in [2.24, 2.45) is 17.1 Å². The number of hydrogen-bond donors (Lipinski definition) is 2. The first kappa shape index (κ1) is 11.0. The van der Waals surface area contributed by atoms with E-state index < -0.39 is 5.60 Å². The summed E-state index contributed by atoms with van der Waals surface area (Å²) in [4.78, 5) is 0. The van der Waals surface area contributed by atoms with E-state index in [1.165, 1.54) is 6.42 Å². The van der Waals surface area contributed by atoms with Gasteiger partial charge >= 0.3 is 0 Å². The number of rotatable bonds is 2. The molecule has 0 bridgehead atoms. The number of nitrogens with two attached hydrogens (primary N) is 1. The minimum Gasteiger partial charge on any atom is -0.389 e. The van der Waals surface area contributed by atoms with Gasteiger partial charge in [-0.3, -0.25) is 0 Å². The minimum absolute atomic E-state index is 0.379. The molecule has 1 unspecified atom stereocenters. The molecule has 13 heavy (non-hydrogen) atoms. The van der Waals surface area contributed by atoms with Gasteiger partial charge in [0.1, 0.15) is 0 Å². The predicted octanol–water partition coefficient (Wildman–Crippen LogP) is 1.91. The minimum atomic E-state index is -0.546. The Labute approximate surface area is 81.5 Å². The molecule has 0 saturated heterocycles. The van der Waals surface area contributed by atoms with Gasteiger partial charge in [-0.1, -0.05) is 20.8 Å². The van der Waals surface area contributed by atoms with Crippen molar-refractivity contribution in [3.8, 4) is 0 Å². The molecule has 0 aromatic rings. The summed E-state index contributed by atoms with van der Waals surface area (Å²) in [6.07, 6.45) is 4.14. The highest BCUT2D eigenvalue weighted by Crippen LogP contribution is 2.40. The van der Waals surface area contributed by atoms with Gasteiger partial charge in [-0.05, 0) is 37.0 Å². The van der Waals surface area contributed by atoms with Gasteiger partial charge in [-0.25, -0.2) is 0 Å². The van der Waals surface area contributed by atoms with E-state index in [9.17, 15) is 5.11 Å². The summed E-state index contributed by atoms with van der Waals surface area (Å²) < 4.78 is 0. The van der Waals surface area contributed by atoms with Gasteiger partial charge in [0.15, 0.2) is 0 Å². The summed E-state index contributed by atoms with van der Waals surface area (Å²) in [5, 5.41) is 9.94. The molecule has 0 aliphatic heterocycles. The molecular weight excluding hydrogens is 162 g/mol. The summed E-state index contributed by atoms with van der Waals surface area (Å²) in [6, 6.07) is 0. The molecule has 0 spiro atoms. The van der Waals surface area contributed by atoms with E-state index in [2.05, 4.69) is 20.8 Å². The summed E-state index contributed by atoms with van der Waals surface area (Å²) in [5.74, 6) is 0.675. The van der Waals surface area contributed by atoms with Crippen LogP contribution in [0.4, 0.5) is 0 Å². The molecule has 0 aromatic carbocycles. The second-order valence-corrected chi connectivity index (χ2v) is 5.80. The van der Waals surface area contributed by atoms with Gasteiger partial charge in [0.2, 0.25) is 0 Å². The van der Waals surface area contributed by atoms with Crippen LogP contribution in [0.5, 0.6) is 0 Å². The van der Waals surface area contributed by atoms with Crippen molar-refractivity contribution in [2.75, 3.05) is 6.54 Å². The Morgan fingerprint density at radius 1 is 1.46 bits per heavy atom. The third-order valence-electron chi connectivity index (χ3n) is 2.97. The molecule has 0 radical (unpaired) electrons. The summed E-state index contributed by atoms with van der Waals surface area (Å²) >= 11 is 0. The molecule has 2 atom stereocenters. The molecule has 3 N–H and O–H groups in total. The Morgan fingerprint density at radius 2 is 2.08 bits per heavy atom. The lowest BCUT2D eigenvalue weighted by Gasteiger charge is -2.24. The van der Waals surface area contributed by atoms with Crippen molar-refractivity contribution in [1.29, 1.82) is 0 Å². The molecular formula is C11H23NO. The number of hydrogen-bond acceptors (Lipinski definition) is 2.